The van der Waals surface area contributed by atoms with E-state index < -0.39 is 0 Å². The highest BCUT2D eigenvalue weighted by Crippen LogP contribution is 2.30. The summed E-state index contributed by atoms with van der Waals surface area (Å²) in [5.74, 6) is 1.47. The molecule has 0 saturated carbocycles. The first-order valence-electron chi connectivity index (χ1n) is 6.98. The van der Waals surface area contributed by atoms with Gasteiger partial charge in [-0.2, -0.15) is 0 Å². The van der Waals surface area contributed by atoms with Crippen molar-refractivity contribution >= 4 is 15.9 Å². The number of rotatable bonds is 7. The molecule has 0 atom stereocenters. The Hall–Kier alpha value is -0.540. The minimum absolute atomic E-state index is 0.212. The summed E-state index contributed by atoms with van der Waals surface area (Å²) in [6, 6.07) is 6.22. The van der Waals surface area contributed by atoms with Crippen LogP contribution in [0.3, 0.4) is 0 Å². The molecule has 1 rings (SSSR count). The minimum atomic E-state index is 0.212. The maximum atomic E-state index is 5.93. The van der Waals surface area contributed by atoms with Gasteiger partial charge in [0.2, 0.25) is 0 Å². The van der Waals surface area contributed by atoms with Crippen LogP contribution in [-0.2, 0) is 0 Å². The Morgan fingerprint density at radius 2 is 2.00 bits per heavy atom. The number of hydrogen-bond acceptors (Lipinski definition) is 2. The molecule has 19 heavy (non-hydrogen) atoms. The topological polar surface area (TPSA) is 35.2 Å². The second-order valence-corrected chi connectivity index (χ2v) is 7.07. The van der Waals surface area contributed by atoms with Crippen molar-refractivity contribution in [2.45, 2.75) is 46.5 Å². The monoisotopic (exact) mass is 327 g/mol. The summed E-state index contributed by atoms with van der Waals surface area (Å²) in [6.07, 6.45) is 2.13. The Morgan fingerprint density at radius 1 is 1.32 bits per heavy atom. The first-order valence-corrected chi connectivity index (χ1v) is 7.77. The SMILES string of the molecule is CC(C)c1cc(Br)ccc1OCCCC(C)(C)CN. The highest BCUT2D eigenvalue weighted by Gasteiger charge is 2.15. The van der Waals surface area contributed by atoms with Crippen LogP contribution in [0, 0.1) is 5.41 Å². The summed E-state index contributed by atoms with van der Waals surface area (Å²) in [6.45, 7) is 10.3. The van der Waals surface area contributed by atoms with Gasteiger partial charge in [0.1, 0.15) is 5.75 Å². The first kappa shape index (κ1) is 16.5. The number of ether oxygens (including phenoxy) is 1. The van der Waals surface area contributed by atoms with Crippen molar-refractivity contribution in [3.63, 3.8) is 0 Å². The molecule has 0 aromatic heterocycles. The molecule has 1 aromatic carbocycles. The number of halogens is 1. The van der Waals surface area contributed by atoms with Gasteiger partial charge in [-0.15, -0.1) is 0 Å². The third-order valence-corrected chi connectivity index (χ3v) is 3.90. The molecule has 0 aliphatic rings. The normalized spacial score (nSPS) is 11.9. The Morgan fingerprint density at radius 3 is 2.58 bits per heavy atom. The van der Waals surface area contributed by atoms with Crippen molar-refractivity contribution in [3.8, 4) is 5.75 Å². The maximum absolute atomic E-state index is 5.93. The minimum Gasteiger partial charge on any atom is -0.493 e. The molecule has 0 radical (unpaired) electrons. The smallest absolute Gasteiger partial charge is 0.122 e. The molecule has 0 aliphatic heterocycles. The molecular formula is C16H26BrNO. The van der Waals surface area contributed by atoms with Gasteiger partial charge in [0.15, 0.2) is 0 Å². The van der Waals surface area contributed by atoms with E-state index in [1.54, 1.807) is 0 Å². The van der Waals surface area contributed by atoms with E-state index in [-0.39, 0.29) is 5.41 Å². The molecule has 0 saturated heterocycles. The van der Waals surface area contributed by atoms with Crippen LogP contribution in [0.1, 0.15) is 52.0 Å². The van der Waals surface area contributed by atoms with Crippen molar-refractivity contribution in [1.29, 1.82) is 0 Å². The lowest BCUT2D eigenvalue weighted by Gasteiger charge is -2.22. The van der Waals surface area contributed by atoms with Gasteiger partial charge >= 0.3 is 0 Å². The van der Waals surface area contributed by atoms with Crippen molar-refractivity contribution in [2.24, 2.45) is 11.1 Å². The predicted octanol–water partition coefficient (Wildman–Crippen LogP) is 4.72. The fraction of sp³-hybridized carbons (Fsp3) is 0.625. The van der Waals surface area contributed by atoms with E-state index in [0.717, 1.165) is 36.2 Å². The van der Waals surface area contributed by atoms with E-state index in [2.05, 4.69) is 49.7 Å². The highest BCUT2D eigenvalue weighted by atomic mass is 79.9. The molecular weight excluding hydrogens is 302 g/mol. The van der Waals surface area contributed by atoms with Gasteiger partial charge in [0.25, 0.3) is 0 Å². The third-order valence-electron chi connectivity index (χ3n) is 3.40. The molecule has 0 fully saturated rings. The fourth-order valence-corrected chi connectivity index (χ4v) is 2.32. The van der Waals surface area contributed by atoms with Crippen LogP contribution in [0.25, 0.3) is 0 Å². The van der Waals surface area contributed by atoms with Gasteiger partial charge < -0.3 is 10.5 Å². The third kappa shape index (κ3) is 5.53. The predicted molar refractivity (Wildman–Crippen MR) is 85.8 cm³/mol. The summed E-state index contributed by atoms with van der Waals surface area (Å²) in [5, 5.41) is 0. The van der Waals surface area contributed by atoms with E-state index >= 15 is 0 Å². The van der Waals surface area contributed by atoms with Crippen LogP contribution >= 0.6 is 15.9 Å². The van der Waals surface area contributed by atoms with Gasteiger partial charge in [-0.3, -0.25) is 0 Å². The van der Waals surface area contributed by atoms with Gasteiger partial charge in [-0.1, -0.05) is 43.6 Å². The number of hydrogen-bond donors (Lipinski definition) is 1. The zero-order chi connectivity index (χ0) is 14.5. The zero-order valence-electron chi connectivity index (χ0n) is 12.5. The molecule has 0 spiro atoms. The summed E-state index contributed by atoms with van der Waals surface area (Å²) in [4.78, 5) is 0. The maximum Gasteiger partial charge on any atom is 0.122 e. The molecule has 1 aromatic rings. The molecule has 0 amide bonds. The number of benzene rings is 1. The fourth-order valence-electron chi connectivity index (χ4n) is 1.94. The van der Waals surface area contributed by atoms with Crippen LogP contribution in [0.2, 0.25) is 0 Å². The van der Waals surface area contributed by atoms with Crippen molar-refractivity contribution in [1.82, 2.24) is 0 Å². The number of nitrogens with two attached hydrogens (primary N) is 1. The Bertz CT molecular complexity index is 402. The molecule has 0 aliphatic carbocycles. The molecule has 108 valence electrons. The highest BCUT2D eigenvalue weighted by molar-refractivity contribution is 9.10. The van der Waals surface area contributed by atoms with Gasteiger partial charge in [0.05, 0.1) is 6.61 Å². The van der Waals surface area contributed by atoms with Crippen LogP contribution in [-0.4, -0.2) is 13.2 Å². The van der Waals surface area contributed by atoms with Crippen LogP contribution in [0.5, 0.6) is 5.75 Å². The summed E-state index contributed by atoms with van der Waals surface area (Å²) < 4.78 is 7.04. The molecule has 0 heterocycles. The standard InChI is InChI=1S/C16H26BrNO/c1-12(2)14-10-13(17)6-7-15(14)19-9-5-8-16(3,4)11-18/h6-7,10,12H,5,8-9,11,18H2,1-4H3. The van der Waals surface area contributed by atoms with Gasteiger partial charge in [0, 0.05) is 4.47 Å². The van der Waals surface area contributed by atoms with Crippen molar-refractivity contribution in [2.75, 3.05) is 13.2 Å². The second kappa shape index (κ2) is 7.30. The quantitative estimate of drug-likeness (QED) is 0.735. The van der Waals surface area contributed by atoms with Crippen LogP contribution < -0.4 is 10.5 Å². The largest absolute Gasteiger partial charge is 0.493 e. The average Bonchev–Trinajstić information content (AvgIpc) is 2.36. The van der Waals surface area contributed by atoms with E-state index in [1.807, 2.05) is 12.1 Å². The lowest BCUT2D eigenvalue weighted by atomic mass is 9.88. The Balaban J connectivity index is 2.54. The van der Waals surface area contributed by atoms with Crippen molar-refractivity contribution < 1.29 is 4.74 Å². The average molecular weight is 328 g/mol. The van der Waals surface area contributed by atoms with Crippen LogP contribution in [0.15, 0.2) is 22.7 Å². The van der Waals surface area contributed by atoms with Gasteiger partial charge in [-0.25, -0.2) is 0 Å². The van der Waals surface area contributed by atoms with E-state index in [0.29, 0.717) is 5.92 Å². The van der Waals surface area contributed by atoms with E-state index in [4.69, 9.17) is 10.5 Å². The zero-order valence-corrected chi connectivity index (χ0v) is 14.1. The molecule has 2 nitrogen and oxygen atoms in total. The lowest BCUT2D eigenvalue weighted by molar-refractivity contribution is 0.259. The Kier molecular flexibility index (Phi) is 6.34. The molecule has 0 unspecified atom stereocenters. The molecule has 3 heteroatoms. The first-order chi connectivity index (χ1) is 8.85. The lowest BCUT2D eigenvalue weighted by Crippen LogP contribution is -2.24. The van der Waals surface area contributed by atoms with E-state index in [9.17, 15) is 0 Å². The van der Waals surface area contributed by atoms with Crippen LogP contribution in [0.4, 0.5) is 0 Å². The summed E-state index contributed by atoms with van der Waals surface area (Å²) >= 11 is 3.51. The molecule has 2 N–H and O–H groups in total. The second-order valence-electron chi connectivity index (χ2n) is 6.16. The van der Waals surface area contributed by atoms with E-state index in [1.165, 1.54) is 5.56 Å². The summed E-state index contributed by atoms with van der Waals surface area (Å²) in [5.41, 5.74) is 7.20. The van der Waals surface area contributed by atoms with Gasteiger partial charge in [-0.05, 0) is 54.5 Å². The van der Waals surface area contributed by atoms with Crippen molar-refractivity contribution in [3.05, 3.63) is 28.2 Å². The Labute approximate surface area is 125 Å². The molecule has 0 bridgehead atoms. The summed E-state index contributed by atoms with van der Waals surface area (Å²) in [7, 11) is 0.